The Labute approximate surface area is 265 Å². The van der Waals surface area contributed by atoms with E-state index in [4.69, 9.17) is 4.74 Å². The molecule has 10 nitrogen and oxygen atoms in total. The molecular weight excluding hydrogens is 590 g/mol. The van der Waals surface area contributed by atoms with Crippen LogP contribution in [0.3, 0.4) is 0 Å². The third-order valence-corrected chi connectivity index (χ3v) is 12.2. The number of amides is 2. The molecule has 2 saturated carbocycles. The van der Waals surface area contributed by atoms with Crippen LogP contribution in [0, 0.1) is 5.41 Å². The number of ether oxygens (including phenoxy) is 1. The minimum atomic E-state index is -4.05. The van der Waals surface area contributed by atoms with Crippen molar-refractivity contribution < 1.29 is 22.7 Å². The molecule has 1 aromatic heterocycles. The molecule has 0 saturated heterocycles. The summed E-state index contributed by atoms with van der Waals surface area (Å²) in [6.07, 6.45) is 6.49. The van der Waals surface area contributed by atoms with E-state index in [9.17, 15) is 18.0 Å². The summed E-state index contributed by atoms with van der Waals surface area (Å²) in [5.41, 5.74) is 5.20. The lowest BCUT2D eigenvalue weighted by Gasteiger charge is -2.28. The Hall–Kier alpha value is -3.41. The number of rotatable bonds is 2. The third kappa shape index (κ3) is 5.03. The van der Waals surface area contributed by atoms with Crippen LogP contribution in [0.1, 0.15) is 71.8 Å². The monoisotopic (exact) mass is 633 g/mol. The van der Waals surface area contributed by atoms with Crippen molar-refractivity contribution in [3.8, 4) is 17.0 Å². The van der Waals surface area contributed by atoms with Gasteiger partial charge in [0.05, 0.1) is 18.2 Å². The summed E-state index contributed by atoms with van der Waals surface area (Å²) >= 11 is 0. The fourth-order valence-electron chi connectivity index (χ4n) is 8.02. The van der Waals surface area contributed by atoms with Crippen LogP contribution in [0.4, 0.5) is 0 Å². The van der Waals surface area contributed by atoms with Gasteiger partial charge in [0, 0.05) is 74.8 Å². The number of hydrogen-bond donors (Lipinski definition) is 1. The predicted octanol–water partition coefficient (Wildman–Crippen LogP) is 4.16. The zero-order valence-corrected chi connectivity index (χ0v) is 27.5. The van der Waals surface area contributed by atoms with E-state index in [1.54, 1.807) is 13.2 Å². The number of likely N-dealkylation sites (N-methyl/N-ethyl adjacent to an activating group) is 3. The maximum absolute atomic E-state index is 14.5. The van der Waals surface area contributed by atoms with Gasteiger partial charge in [0.2, 0.25) is 5.91 Å². The Bertz CT molecular complexity index is 1800. The molecule has 2 aliphatic heterocycles. The molecule has 2 fully saturated rings. The average Bonchev–Trinajstić information content (AvgIpc) is 3.71. The maximum Gasteiger partial charge on any atom is 0.303 e. The summed E-state index contributed by atoms with van der Waals surface area (Å²) in [5.74, 6) is 0.654. The molecule has 2 aromatic carbocycles. The highest BCUT2D eigenvalue weighted by molar-refractivity contribution is 7.87. The van der Waals surface area contributed by atoms with Crippen LogP contribution in [-0.4, -0.2) is 93.3 Å². The molecule has 1 spiro atoms. The Kier molecular flexibility index (Phi) is 7.49. The highest BCUT2D eigenvalue weighted by Crippen LogP contribution is 2.66. The second-order valence-electron chi connectivity index (χ2n) is 13.6. The number of nitrogens with zero attached hydrogens (tertiary/aromatic N) is 4. The lowest BCUT2D eigenvalue weighted by Crippen LogP contribution is -2.45. The molecule has 2 atom stereocenters. The van der Waals surface area contributed by atoms with Crippen molar-refractivity contribution in [3.05, 3.63) is 53.1 Å². The average molecular weight is 634 g/mol. The quantitative estimate of drug-likeness (QED) is 0.455. The molecule has 4 aliphatic rings. The number of hydrogen-bond acceptors (Lipinski definition) is 6. The lowest BCUT2D eigenvalue weighted by molar-refractivity contribution is -0.136. The number of aromatic nitrogens is 1. The van der Waals surface area contributed by atoms with Crippen molar-refractivity contribution in [1.29, 1.82) is 0 Å². The molecule has 1 N–H and O–H groups in total. The second kappa shape index (κ2) is 11.1. The maximum atomic E-state index is 14.5. The topological polar surface area (TPSA) is 104 Å². The summed E-state index contributed by atoms with van der Waals surface area (Å²) in [6, 6.07) is 11.8. The molecule has 11 heteroatoms. The van der Waals surface area contributed by atoms with Crippen LogP contribution >= 0.6 is 0 Å². The van der Waals surface area contributed by atoms with Crippen molar-refractivity contribution in [1.82, 2.24) is 23.4 Å². The number of nitrogens with one attached hydrogen (secondary N) is 1. The Morgan fingerprint density at radius 1 is 0.933 bits per heavy atom. The van der Waals surface area contributed by atoms with Crippen LogP contribution in [0.15, 0.2) is 36.4 Å². The number of carbonyl (C=O) groups is 2. The van der Waals surface area contributed by atoms with E-state index in [1.165, 1.54) is 36.2 Å². The number of benzene rings is 2. The molecule has 2 amide bonds. The molecule has 4 bridgehead atoms. The lowest BCUT2D eigenvalue weighted by atomic mass is 9.81. The van der Waals surface area contributed by atoms with Gasteiger partial charge in [-0.2, -0.15) is 12.7 Å². The van der Waals surface area contributed by atoms with Gasteiger partial charge in [-0.1, -0.05) is 25.3 Å². The molecule has 240 valence electrons. The third-order valence-electron chi connectivity index (χ3n) is 10.8. The summed E-state index contributed by atoms with van der Waals surface area (Å²) in [7, 11) is 2.90. The van der Waals surface area contributed by atoms with Gasteiger partial charge in [-0.25, -0.2) is 4.72 Å². The van der Waals surface area contributed by atoms with Gasteiger partial charge in [0.1, 0.15) is 5.75 Å². The molecule has 3 aromatic rings. The van der Waals surface area contributed by atoms with Gasteiger partial charge in [-0.05, 0) is 73.7 Å². The van der Waals surface area contributed by atoms with E-state index < -0.39 is 21.5 Å². The van der Waals surface area contributed by atoms with Crippen molar-refractivity contribution >= 4 is 32.9 Å². The first-order valence-corrected chi connectivity index (χ1v) is 17.5. The van der Waals surface area contributed by atoms with Crippen LogP contribution in [-0.2, 0) is 21.5 Å². The first-order valence-electron chi connectivity index (χ1n) is 16.1. The highest BCUT2D eigenvalue weighted by Gasteiger charge is 2.63. The molecule has 45 heavy (non-hydrogen) atoms. The van der Waals surface area contributed by atoms with E-state index in [1.807, 2.05) is 42.1 Å². The van der Waals surface area contributed by atoms with Crippen LogP contribution in [0.25, 0.3) is 22.2 Å². The van der Waals surface area contributed by atoms with Crippen molar-refractivity contribution in [3.63, 3.8) is 0 Å². The Balaban J connectivity index is 1.47. The SMILES string of the molecule is COc1ccc2c(c1)[C@@H]1C[C@]13Cn1c-2c(C2CCCCC2)c2ccc(cc21)C(=O)NS(=O)(=O)N(C)CCN(C)CCN(C)C3=O. The molecule has 3 heterocycles. The van der Waals surface area contributed by atoms with Gasteiger partial charge in [0.25, 0.3) is 5.91 Å². The van der Waals surface area contributed by atoms with E-state index in [0.717, 1.165) is 52.7 Å². The van der Waals surface area contributed by atoms with Gasteiger partial charge in [0.15, 0.2) is 0 Å². The summed E-state index contributed by atoms with van der Waals surface area (Å²) in [4.78, 5) is 31.9. The highest BCUT2D eigenvalue weighted by atomic mass is 32.2. The van der Waals surface area contributed by atoms with Gasteiger partial charge >= 0.3 is 10.2 Å². The smallest absolute Gasteiger partial charge is 0.303 e. The zero-order valence-electron chi connectivity index (χ0n) is 26.6. The summed E-state index contributed by atoms with van der Waals surface area (Å²) < 4.78 is 37.7. The van der Waals surface area contributed by atoms with Gasteiger partial charge < -0.3 is 19.1 Å². The van der Waals surface area contributed by atoms with Gasteiger partial charge in [-0.15, -0.1) is 0 Å². The van der Waals surface area contributed by atoms with Crippen LogP contribution < -0.4 is 9.46 Å². The first-order chi connectivity index (χ1) is 21.5. The number of carbonyl (C=O) groups excluding carboxylic acids is 2. The van der Waals surface area contributed by atoms with E-state index in [0.29, 0.717) is 32.1 Å². The Morgan fingerprint density at radius 3 is 2.44 bits per heavy atom. The van der Waals surface area contributed by atoms with E-state index in [-0.39, 0.29) is 23.9 Å². The molecule has 2 aliphatic carbocycles. The molecule has 0 radical (unpaired) electrons. The number of fused-ring (bicyclic) bond motifs is 4. The second-order valence-corrected chi connectivity index (χ2v) is 15.3. The molecule has 0 unspecified atom stereocenters. The Morgan fingerprint density at radius 2 is 1.69 bits per heavy atom. The summed E-state index contributed by atoms with van der Waals surface area (Å²) in [5, 5.41) is 1.07. The molecule has 7 rings (SSSR count). The standard InChI is InChI=1S/C34H43N5O5S/c1-36-14-16-37(2)33(41)34-20-28(34)27-19-24(44-4)11-13-25(27)31-30(22-8-6-5-7-9-22)26-12-10-23(18-29(26)39(31)21-34)32(40)35-45(42,43)38(3)17-15-36/h10-13,18-19,22,28H,5-9,14-17,20-21H2,1-4H3,(H,35,40)/t28-,34-/m0/s1. The van der Waals surface area contributed by atoms with E-state index in [2.05, 4.69) is 21.4 Å². The number of methoxy groups -OCH3 is 1. The fourth-order valence-corrected chi connectivity index (χ4v) is 8.85. The normalized spacial score (nSPS) is 26.3. The van der Waals surface area contributed by atoms with Gasteiger partial charge in [-0.3, -0.25) is 9.59 Å². The first kappa shape index (κ1) is 30.3. The minimum Gasteiger partial charge on any atom is -0.497 e. The van der Waals surface area contributed by atoms with Crippen molar-refractivity contribution in [2.45, 2.75) is 56.9 Å². The fraction of sp³-hybridized carbons (Fsp3) is 0.529. The van der Waals surface area contributed by atoms with E-state index >= 15 is 0 Å². The summed E-state index contributed by atoms with van der Waals surface area (Å²) in [6.45, 7) is 2.28. The van der Waals surface area contributed by atoms with Crippen molar-refractivity contribution in [2.24, 2.45) is 5.41 Å². The zero-order chi connectivity index (χ0) is 31.7. The van der Waals surface area contributed by atoms with Crippen molar-refractivity contribution in [2.75, 3.05) is 54.4 Å². The largest absolute Gasteiger partial charge is 0.497 e. The van der Waals surface area contributed by atoms with Crippen LogP contribution in [0.5, 0.6) is 5.75 Å². The van der Waals surface area contributed by atoms with Crippen LogP contribution in [0.2, 0.25) is 0 Å². The molecular formula is C34H43N5O5S. The predicted molar refractivity (Wildman–Crippen MR) is 174 cm³/mol. The minimum absolute atomic E-state index is 0.0526.